The lowest BCUT2D eigenvalue weighted by Gasteiger charge is -2.09. The van der Waals surface area contributed by atoms with E-state index in [1.165, 1.54) is 18.2 Å². The Bertz CT molecular complexity index is 724. The summed E-state index contributed by atoms with van der Waals surface area (Å²) in [6.45, 7) is -0.248. The number of anilines is 1. The fraction of sp³-hybridized carbons (Fsp3) is 0.0714. The summed E-state index contributed by atoms with van der Waals surface area (Å²) in [5, 5.41) is 13.4. The van der Waals surface area contributed by atoms with Crippen LogP contribution in [0, 0.1) is 10.1 Å². The van der Waals surface area contributed by atoms with E-state index in [4.69, 9.17) is 16.3 Å². The van der Waals surface area contributed by atoms with E-state index in [0.29, 0.717) is 5.75 Å². The van der Waals surface area contributed by atoms with Crippen LogP contribution in [-0.4, -0.2) is 17.4 Å². The Morgan fingerprint density at radius 2 is 2.05 bits per heavy atom. The molecule has 22 heavy (non-hydrogen) atoms. The molecule has 1 N–H and O–H groups in total. The van der Waals surface area contributed by atoms with Crippen molar-refractivity contribution in [1.82, 2.24) is 0 Å². The first-order valence-electron chi connectivity index (χ1n) is 6.08. The minimum atomic E-state index is -0.566. The van der Waals surface area contributed by atoms with Crippen molar-refractivity contribution in [3.8, 4) is 5.75 Å². The maximum atomic E-state index is 11.9. The molecule has 0 aliphatic carbocycles. The predicted molar refractivity (Wildman–Crippen MR) is 86.4 cm³/mol. The molecule has 0 heterocycles. The highest BCUT2D eigenvalue weighted by Crippen LogP contribution is 2.27. The Balaban J connectivity index is 2.02. The van der Waals surface area contributed by atoms with Crippen molar-refractivity contribution in [2.45, 2.75) is 0 Å². The van der Waals surface area contributed by atoms with Crippen molar-refractivity contribution < 1.29 is 14.5 Å². The number of nitro benzene ring substituents is 1. The number of amides is 1. The van der Waals surface area contributed by atoms with Crippen LogP contribution >= 0.6 is 27.5 Å². The minimum absolute atomic E-state index is 0.161. The normalized spacial score (nSPS) is 10.1. The van der Waals surface area contributed by atoms with E-state index in [-0.39, 0.29) is 23.0 Å². The van der Waals surface area contributed by atoms with E-state index in [0.717, 1.165) is 4.47 Å². The average Bonchev–Trinajstić information content (AvgIpc) is 2.48. The van der Waals surface area contributed by atoms with E-state index in [1.807, 2.05) is 6.07 Å². The van der Waals surface area contributed by atoms with Gasteiger partial charge in [0.2, 0.25) is 0 Å². The van der Waals surface area contributed by atoms with Crippen LogP contribution in [0.4, 0.5) is 11.4 Å². The summed E-state index contributed by atoms with van der Waals surface area (Å²) in [5.41, 5.74) is 0.00279. The summed E-state index contributed by atoms with van der Waals surface area (Å²) in [5.74, 6) is 0.0425. The van der Waals surface area contributed by atoms with Gasteiger partial charge in [0.15, 0.2) is 6.61 Å². The summed E-state index contributed by atoms with van der Waals surface area (Å²) in [7, 11) is 0. The van der Waals surface area contributed by atoms with Gasteiger partial charge in [0.25, 0.3) is 11.6 Å². The Kier molecular flexibility index (Phi) is 5.35. The first-order valence-corrected chi connectivity index (χ1v) is 7.25. The van der Waals surface area contributed by atoms with Crippen molar-refractivity contribution in [3.05, 3.63) is 62.1 Å². The number of carbonyl (C=O) groups is 1. The number of hydrogen-bond acceptors (Lipinski definition) is 4. The fourth-order valence-electron chi connectivity index (χ4n) is 1.61. The lowest BCUT2D eigenvalue weighted by atomic mass is 10.3. The molecule has 2 aromatic rings. The van der Waals surface area contributed by atoms with Crippen LogP contribution in [0.2, 0.25) is 5.02 Å². The molecule has 0 aliphatic rings. The van der Waals surface area contributed by atoms with E-state index < -0.39 is 10.8 Å². The number of nitrogens with zero attached hydrogens (tertiary/aromatic N) is 1. The van der Waals surface area contributed by atoms with Gasteiger partial charge in [0.05, 0.1) is 20.1 Å². The molecule has 0 radical (unpaired) electrons. The molecular weight excluding hydrogens is 376 g/mol. The molecule has 8 heteroatoms. The first-order chi connectivity index (χ1) is 10.5. The molecule has 0 aromatic heterocycles. The molecule has 0 spiro atoms. The number of halogens is 2. The molecule has 0 saturated carbocycles. The molecule has 2 aromatic carbocycles. The summed E-state index contributed by atoms with van der Waals surface area (Å²) in [6.07, 6.45) is 0. The molecule has 1 amide bonds. The lowest BCUT2D eigenvalue weighted by molar-refractivity contribution is -0.384. The highest BCUT2D eigenvalue weighted by Gasteiger charge is 2.12. The standard InChI is InChI=1S/C14H10BrClN2O4/c15-10-3-1-2-4-13(10)22-8-14(19)17-12-7-9(18(20)21)5-6-11(12)16/h1-7H,8H2,(H,17,19). The molecule has 0 fully saturated rings. The quantitative estimate of drug-likeness (QED) is 0.622. The fourth-order valence-corrected chi connectivity index (χ4v) is 2.18. The SMILES string of the molecule is O=C(COc1ccccc1Br)Nc1cc([N+](=O)[O-])ccc1Cl. The second kappa shape index (κ2) is 7.24. The smallest absolute Gasteiger partial charge is 0.271 e. The number of para-hydroxylation sites is 1. The van der Waals surface area contributed by atoms with Gasteiger partial charge in [-0.15, -0.1) is 0 Å². The summed E-state index contributed by atoms with van der Waals surface area (Å²) in [4.78, 5) is 22.0. The van der Waals surface area contributed by atoms with Crippen molar-refractivity contribution in [3.63, 3.8) is 0 Å². The van der Waals surface area contributed by atoms with Crippen LogP contribution < -0.4 is 10.1 Å². The third kappa shape index (κ3) is 4.19. The van der Waals surface area contributed by atoms with Gasteiger partial charge in [-0.1, -0.05) is 23.7 Å². The molecule has 0 atom stereocenters. The van der Waals surface area contributed by atoms with Gasteiger partial charge in [0, 0.05) is 12.1 Å². The monoisotopic (exact) mass is 384 g/mol. The van der Waals surface area contributed by atoms with Crippen LogP contribution in [0.15, 0.2) is 46.9 Å². The zero-order valence-electron chi connectivity index (χ0n) is 11.1. The van der Waals surface area contributed by atoms with Gasteiger partial charge in [0.1, 0.15) is 5.75 Å². The van der Waals surface area contributed by atoms with Gasteiger partial charge in [-0.05, 0) is 34.1 Å². The molecule has 0 bridgehead atoms. The lowest BCUT2D eigenvalue weighted by Crippen LogP contribution is -2.20. The molecule has 114 valence electrons. The highest BCUT2D eigenvalue weighted by molar-refractivity contribution is 9.10. The maximum absolute atomic E-state index is 11.9. The van der Waals surface area contributed by atoms with Gasteiger partial charge >= 0.3 is 0 Å². The number of non-ortho nitro benzene ring substituents is 1. The number of benzene rings is 2. The van der Waals surface area contributed by atoms with Gasteiger partial charge in [-0.25, -0.2) is 0 Å². The number of carbonyl (C=O) groups excluding carboxylic acids is 1. The second-order valence-corrected chi connectivity index (χ2v) is 5.45. The molecule has 0 saturated heterocycles. The Morgan fingerprint density at radius 3 is 2.73 bits per heavy atom. The van der Waals surface area contributed by atoms with E-state index in [9.17, 15) is 14.9 Å². The summed E-state index contributed by atoms with van der Waals surface area (Å²) >= 11 is 9.20. The second-order valence-electron chi connectivity index (χ2n) is 4.19. The highest BCUT2D eigenvalue weighted by atomic mass is 79.9. The van der Waals surface area contributed by atoms with Crippen molar-refractivity contribution in [2.24, 2.45) is 0 Å². The largest absolute Gasteiger partial charge is 0.483 e. The Morgan fingerprint density at radius 1 is 1.32 bits per heavy atom. The zero-order chi connectivity index (χ0) is 16.1. The van der Waals surface area contributed by atoms with Crippen molar-refractivity contribution in [1.29, 1.82) is 0 Å². The predicted octanol–water partition coefficient (Wildman–Crippen LogP) is 4.03. The van der Waals surface area contributed by atoms with Crippen molar-refractivity contribution in [2.75, 3.05) is 11.9 Å². The average molecular weight is 386 g/mol. The molecule has 0 unspecified atom stereocenters. The Hall–Kier alpha value is -2.12. The van der Waals surface area contributed by atoms with E-state index >= 15 is 0 Å². The van der Waals surface area contributed by atoms with Crippen molar-refractivity contribution >= 4 is 44.8 Å². The summed E-state index contributed by atoms with van der Waals surface area (Å²) in [6, 6.07) is 10.9. The number of hydrogen-bond donors (Lipinski definition) is 1. The third-order valence-corrected chi connectivity index (χ3v) is 3.61. The molecule has 2 rings (SSSR count). The minimum Gasteiger partial charge on any atom is -0.483 e. The third-order valence-electron chi connectivity index (χ3n) is 2.63. The van der Waals surface area contributed by atoms with Gasteiger partial charge in [-0.2, -0.15) is 0 Å². The van der Waals surface area contributed by atoms with E-state index in [1.54, 1.807) is 18.2 Å². The van der Waals surface area contributed by atoms with Crippen LogP contribution in [0.25, 0.3) is 0 Å². The van der Waals surface area contributed by atoms with Gasteiger partial charge in [-0.3, -0.25) is 14.9 Å². The zero-order valence-corrected chi connectivity index (χ0v) is 13.4. The first kappa shape index (κ1) is 16.3. The number of rotatable bonds is 5. The summed E-state index contributed by atoms with van der Waals surface area (Å²) < 4.78 is 6.07. The van der Waals surface area contributed by atoms with Gasteiger partial charge < -0.3 is 10.1 Å². The van der Waals surface area contributed by atoms with E-state index in [2.05, 4.69) is 21.2 Å². The maximum Gasteiger partial charge on any atom is 0.271 e. The topological polar surface area (TPSA) is 81.5 Å². The van der Waals surface area contributed by atoms with Crippen LogP contribution in [0.3, 0.4) is 0 Å². The molecular formula is C14H10BrClN2O4. The van der Waals surface area contributed by atoms with Crippen LogP contribution in [0.1, 0.15) is 0 Å². The van der Waals surface area contributed by atoms with Crippen LogP contribution in [-0.2, 0) is 4.79 Å². The molecule has 0 aliphatic heterocycles. The van der Waals surface area contributed by atoms with Crippen LogP contribution in [0.5, 0.6) is 5.75 Å². The Labute approximate surface area is 139 Å². The molecule has 6 nitrogen and oxygen atoms in total. The number of nitrogens with one attached hydrogen (secondary N) is 1. The number of nitro groups is 1. The number of ether oxygens (including phenoxy) is 1.